The number of ketones is 3. The van der Waals surface area contributed by atoms with E-state index in [1.165, 1.54) is 11.2 Å². The minimum atomic E-state index is -1.73. The van der Waals surface area contributed by atoms with Crippen LogP contribution in [0.2, 0.25) is 0 Å². The molecule has 3 aliphatic heterocycles. The molecule has 1 aliphatic carbocycles. The summed E-state index contributed by atoms with van der Waals surface area (Å²) < 4.78 is 64.8. The third-order valence-electron chi connectivity index (χ3n) is 21.8. The zero-order chi connectivity index (χ0) is 82.6. The molecule has 3 aromatic rings. The number of allylic oxidation sites excluding steroid dienone is 7. The Morgan fingerprint density at radius 1 is 0.757 bits per heavy atom. The second-order valence-corrected chi connectivity index (χ2v) is 31.0. The number of methoxy groups -OCH3 is 2. The number of unbranched alkanes of at least 4 members (excludes halogenated alkanes) is 3. The van der Waals surface area contributed by atoms with Crippen molar-refractivity contribution in [1.82, 2.24) is 30.2 Å². The molecule has 2 bridgehead atoms. The van der Waals surface area contributed by atoms with Crippen LogP contribution < -0.4 is 16.4 Å². The average Bonchev–Trinajstić information content (AvgIpc) is 1.74. The van der Waals surface area contributed by atoms with Crippen LogP contribution in [-0.4, -0.2) is 238 Å². The first-order valence-corrected chi connectivity index (χ1v) is 41.8. The molecule has 6 heterocycles. The van der Waals surface area contributed by atoms with Gasteiger partial charge in [0.1, 0.15) is 53.1 Å². The molecule has 7 rings (SSSR count). The third kappa shape index (κ3) is 34.6. The lowest BCUT2D eigenvalue weighted by molar-refractivity contribution is -0.259. The molecule has 640 valence electrons. The van der Waals surface area contributed by atoms with Crippen molar-refractivity contribution in [2.24, 2.45) is 28.8 Å². The van der Waals surface area contributed by atoms with Crippen molar-refractivity contribution in [3.05, 3.63) is 101 Å². The van der Waals surface area contributed by atoms with Crippen molar-refractivity contribution in [3.63, 3.8) is 0 Å². The van der Waals surface area contributed by atoms with Gasteiger partial charge in [0.05, 0.1) is 133 Å². The average molecular weight is 1610 g/mol. The number of nitrogen functional groups attached to an aromatic ring is 1. The Morgan fingerprint density at radius 3 is 2.20 bits per heavy atom. The van der Waals surface area contributed by atoms with Gasteiger partial charge in [-0.1, -0.05) is 63.6 Å². The maximum absolute atomic E-state index is 14.5. The number of anilines is 2. The van der Waals surface area contributed by atoms with Crippen LogP contribution in [0.15, 0.2) is 95.5 Å². The molecule has 3 fully saturated rings. The van der Waals surface area contributed by atoms with E-state index in [9.17, 15) is 34.2 Å². The largest absolute Gasteiger partial charge is 0.460 e. The van der Waals surface area contributed by atoms with Crippen LogP contribution in [0.3, 0.4) is 0 Å². The van der Waals surface area contributed by atoms with Crippen molar-refractivity contribution in [1.29, 1.82) is 10.9 Å². The second kappa shape index (κ2) is 53.1. The van der Waals surface area contributed by atoms with Gasteiger partial charge >= 0.3 is 5.97 Å². The van der Waals surface area contributed by atoms with Crippen molar-refractivity contribution in [2.75, 3.05) is 131 Å². The number of piperidine rings is 1. The minimum Gasteiger partial charge on any atom is -0.460 e. The van der Waals surface area contributed by atoms with E-state index in [-0.39, 0.29) is 96.7 Å². The number of pyridine rings is 1. The number of rotatable bonds is 43. The number of cyclic esters (lactones) is 1. The van der Waals surface area contributed by atoms with Crippen molar-refractivity contribution >= 4 is 57.6 Å². The van der Waals surface area contributed by atoms with E-state index < -0.39 is 41.8 Å². The summed E-state index contributed by atoms with van der Waals surface area (Å²) in [5, 5.41) is 43.1. The monoisotopic (exact) mass is 1610 g/mol. The standard InChI is InChI=1S/C86H133N11O18/c1-60-19-10-8-11-20-61(2)77(105-6)54-71-23-18-31-86(104,115-71)56-79(102)97-35-16-13-24-72(97)85(103)114-70(53-73(99)63(4)50-64(5)75(101)55-74(100)62(3)49-60)27-25-65-26-28-76(78(51-65)106-7)113-36-17-14-21-68(96-89)58-90-34-38-108-40-42-110-44-46-112-48-47-111-45-43-109-41-39-107-37-30-69(98)22-12-9-15-32-91-84-80(82(88)94-59-95-84)81(87)67-52-66-29-33-92-83(66)93-57-67/h8,10-11,19-20,29,33,50,52,57-60,62-63,65,70-72,75-78,87,89-90,101,104H,9,12-18,21-28,30-32,34-49,51,53-56H2,1-7H3,(H,92,93)(H3,88,91,94,95)/b11-8+,19-10+,61-20+,64-50+,68-58-,87-81?,96-89?/t60-,62-,63-,65-,70-,71+,72+,75+,76-,77+,78-,86-/m1/s1. The Hall–Kier alpha value is -7.39. The zero-order valence-electron chi connectivity index (χ0n) is 69.3. The second-order valence-electron chi connectivity index (χ2n) is 31.0. The molecule has 29 heteroatoms. The molecular formula is C86H133N11O18. The van der Waals surface area contributed by atoms with Gasteiger partial charge in [0.25, 0.3) is 0 Å². The van der Waals surface area contributed by atoms with E-state index in [1.807, 2.05) is 56.4 Å². The highest BCUT2D eigenvalue weighted by Gasteiger charge is 2.43. The van der Waals surface area contributed by atoms with Gasteiger partial charge in [-0.05, 0) is 152 Å². The number of aliphatic hydroxyl groups is 2. The van der Waals surface area contributed by atoms with E-state index in [4.69, 9.17) is 68.8 Å². The summed E-state index contributed by atoms with van der Waals surface area (Å²) in [7, 11) is 3.33. The van der Waals surface area contributed by atoms with Crippen molar-refractivity contribution in [2.45, 2.75) is 237 Å². The zero-order valence-corrected chi connectivity index (χ0v) is 69.3. The Labute approximate surface area is 680 Å². The fourth-order valence-corrected chi connectivity index (χ4v) is 15.0. The van der Waals surface area contributed by atoms with Crippen LogP contribution in [0, 0.1) is 34.6 Å². The van der Waals surface area contributed by atoms with E-state index in [2.05, 4.69) is 42.6 Å². The normalized spacial score (nSPS) is 26.4. The Kier molecular flexibility index (Phi) is 43.8. The molecule has 1 amide bonds. The number of nitrogens with one attached hydrogen (secondary N) is 5. The number of nitrogens with two attached hydrogens (primary N) is 1. The molecule has 0 unspecified atom stereocenters. The quantitative estimate of drug-likeness (QED) is 0.00857. The van der Waals surface area contributed by atoms with Gasteiger partial charge in [-0.2, -0.15) is 5.11 Å². The lowest BCUT2D eigenvalue weighted by Gasteiger charge is -2.41. The Balaban J connectivity index is 0.707. The fraction of sp³-hybridized carbons (Fsp3) is 0.686. The highest BCUT2D eigenvalue weighted by atomic mass is 16.6. The Morgan fingerprint density at radius 2 is 1.48 bits per heavy atom. The molecule has 0 radical (unpaired) electrons. The molecule has 4 aliphatic rings. The van der Waals surface area contributed by atoms with Crippen molar-refractivity contribution < 1.29 is 86.3 Å². The van der Waals surface area contributed by atoms with Crippen molar-refractivity contribution in [3.8, 4) is 0 Å². The number of carbonyl (C=O) groups excluding carboxylic acids is 5. The molecule has 0 aromatic carbocycles. The first-order valence-electron chi connectivity index (χ1n) is 41.8. The first-order chi connectivity index (χ1) is 55.7. The maximum atomic E-state index is 14.5. The summed E-state index contributed by atoms with van der Waals surface area (Å²) in [5.74, 6) is -2.77. The van der Waals surface area contributed by atoms with Gasteiger partial charge in [-0.25, -0.2) is 25.3 Å². The highest BCUT2D eigenvalue weighted by Crippen LogP contribution is 2.37. The molecule has 12 atom stereocenters. The molecule has 115 heavy (non-hydrogen) atoms. The number of carbonyl (C=O) groups is 5. The number of hydrogen-bond acceptors (Lipinski definition) is 27. The number of H-pyrrole nitrogens is 1. The summed E-state index contributed by atoms with van der Waals surface area (Å²) >= 11 is 0. The number of aliphatic hydroxyl groups excluding tert-OH is 1. The molecule has 0 spiro atoms. The van der Waals surface area contributed by atoms with Crippen LogP contribution in [0.1, 0.15) is 200 Å². The number of Topliss-reactive ketones (excluding diaryl/α,β-unsaturated/α-hetero) is 3. The molecule has 3 aromatic heterocycles. The predicted octanol–water partition coefficient (Wildman–Crippen LogP) is 11.9. The number of fused-ring (bicyclic) bond motifs is 4. The van der Waals surface area contributed by atoms with Gasteiger partial charge in [0, 0.05) is 120 Å². The SMILES string of the molecule is CO[C@H]1C[C@@H]2CCC[C@](O)(CC(=O)N3CCCC[C@H]3C(=O)O[C@H](CC[C@@H]3CC[C@@H](OCCCC/C(=C/NCCOCCOCCOCCOCCOCCOCCC(=O)CCCCCNc4ncnc(N)c4C(=N)c4cnc5[nH]ccc5c4)N=N)[C@H](OC)C3)CC(=O)[C@H](C)/C=C(\C)[C@@H](O)CC(=O)[C@H](C)C[C@H](C)/C=C/C=C/C=C/1C)O2. The predicted molar refractivity (Wildman–Crippen MR) is 438 cm³/mol. The number of amides is 1. The molecule has 9 N–H and O–H groups in total. The minimum absolute atomic E-state index is 0.0639. The van der Waals surface area contributed by atoms with Gasteiger partial charge in [0.2, 0.25) is 5.91 Å². The van der Waals surface area contributed by atoms with Crippen LogP contribution in [0.5, 0.6) is 0 Å². The maximum Gasteiger partial charge on any atom is 0.329 e. The van der Waals surface area contributed by atoms with E-state index in [1.54, 1.807) is 52.7 Å². The summed E-state index contributed by atoms with van der Waals surface area (Å²) in [6, 6.07) is 2.87. The fourth-order valence-electron chi connectivity index (χ4n) is 15.0. The van der Waals surface area contributed by atoms with Crippen LogP contribution in [-0.2, 0) is 76.1 Å². The van der Waals surface area contributed by atoms with Gasteiger partial charge in [-0.15, -0.1) is 0 Å². The van der Waals surface area contributed by atoms with Gasteiger partial charge in [0.15, 0.2) is 5.79 Å². The Bertz CT molecular complexity index is 3610. The highest BCUT2D eigenvalue weighted by molar-refractivity contribution is 6.16. The molecule has 2 saturated heterocycles. The first kappa shape index (κ1) is 94.8. The number of aromatic nitrogens is 4. The third-order valence-corrected chi connectivity index (χ3v) is 21.8. The summed E-state index contributed by atoms with van der Waals surface area (Å²) in [6.45, 7) is 16.4. The summed E-state index contributed by atoms with van der Waals surface area (Å²) in [6.07, 6.45) is 28.0. The van der Waals surface area contributed by atoms with Gasteiger partial charge in [-0.3, -0.25) is 24.6 Å². The number of aromatic amines is 1. The lowest BCUT2D eigenvalue weighted by Crippen LogP contribution is -2.52. The van der Waals surface area contributed by atoms with Gasteiger partial charge < -0.3 is 88.6 Å². The van der Waals surface area contributed by atoms with Crippen LogP contribution in [0.4, 0.5) is 11.6 Å². The van der Waals surface area contributed by atoms with E-state index in [0.717, 1.165) is 61.6 Å². The van der Waals surface area contributed by atoms with Crippen LogP contribution in [0.25, 0.3) is 11.0 Å². The van der Waals surface area contributed by atoms with E-state index in [0.29, 0.717) is 217 Å². The number of ether oxygens (including phenoxy) is 11. The molecule has 29 nitrogen and oxygen atoms in total. The number of esters is 1. The summed E-state index contributed by atoms with van der Waals surface area (Å²) in [5.41, 5.74) is 18.0. The summed E-state index contributed by atoms with van der Waals surface area (Å²) in [4.78, 5) is 86.3. The number of hydrogen-bond donors (Lipinski definition) is 8. The molecule has 1 saturated carbocycles. The van der Waals surface area contributed by atoms with E-state index >= 15 is 0 Å². The van der Waals surface area contributed by atoms with Crippen LogP contribution >= 0.6 is 0 Å². The lowest BCUT2D eigenvalue weighted by atomic mass is 9.81. The number of nitrogens with zero attached hydrogens (tertiary/aromatic N) is 5. The molecular weight excluding hydrogens is 1480 g/mol. The smallest absolute Gasteiger partial charge is 0.329 e. The topological polar surface area (TPSA) is 395 Å².